The van der Waals surface area contributed by atoms with Gasteiger partial charge in [0.2, 0.25) is 6.41 Å². The molecule has 0 aliphatic heterocycles. The van der Waals surface area contributed by atoms with Gasteiger partial charge in [-0.1, -0.05) is 24.3 Å². The molecule has 0 aliphatic carbocycles. The van der Waals surface area contributed by atoms with Gasteiger partial charge in [0.25, 0.3) is 0 Å². The van der Waals surface area contributed by atoms with Crippen molar-refractivity contribution in [2.75, 3.05) is 19.8 Å². The lowest BCUT2D eigenvalue weighted by atomic mass is 10.4. The van der Waals surface area contributed by atoms with Crippen LogP contribution in [0.2, 0.25) is 0 Å². The molecule has 1 amide bonds. The van der Waals surface area contributed by atoms with Gasteiger partial charge in [-0.05, 0) is 13.3 Å². The summed E-state index contributed by atoms with van der Waals surface area (Å²) in [5.74, 6) is 0. The first-order valence-electron chi connectivity index (χ1n) is 4.44. The van der Waals surface area contributed by atoms with Crippen molar-refractivity contribution in [1.82, 2.24) is 5.32 Å². The smallest absolute Gasteiger partial charge is 0.207 e. The van der Waals surface area contributed by atoms with Crippen LogP contribution in [0.1, 0.15) is 13.3 Å². The molecule has 0 spiro atoms. The van der Waals surface area contributed by atoms with E-state index in [9.17, 15) is 4.79 Å². The molecule has 0 aliphatic rings. The number of ether oxygens (including phenoxy) is 1. The van der Waals surface area contributed by atoms with E-state index in [1.54, 1.807) is 0 Å². The molecule has 0 bridgehead atoms. The molecule has 0 saturated heterocycles. The fourth-order valence-electron chi connectivity index (χ4n) is 0.732. The van der Waals surface area contributed by atoms with Gasteiger partial charge < -0.3 is 10.1 Å². The summed E-state index contributed by atoms with van der Waals surface area (Å²) in [6, 6.07) is 0. The van der Waals surface area contributed by atoms with Crippen molar-refractivity contribution in [3.05, 3.63) is 24.3 Å². The van der Waals surface area contributed by atoms with E-state index in [2.05, 4.69) is 5.32 Å². The molecule has 0 fully saturated rings. The van der Waals surface area contributed by atoms with E-state index in [0.29, 0.717) is 26.2 Å². The fourth-order valence-corrected chi connectivity index (χ4v) is 0.732. The first-order chi connectivity index (χ1) is 6.41. The van der Waals surface area contributed by atoms with Gasteiger partial charge in [-0.15, -0.1) is 0 Å². The first kappa shape index (κ1) is 11.9. The van der Waals surface area contributed by atoms with Crippen molar-refractivity contribution in [3.63, 3.8) is 0 Å². The third-order valence-electron chi connectivity index (χ3n) is 1.35. The fraction of sp³-hybridized carbons (Fsp3) is 0.500. The van der Waals surface area contributed by atoms with Crippen molar-refractivity contribution < 1.29 is 9.53 Å². The van der Waals surface area contributed by atoms with Crippen molar-refractivity contribution in [2.45, 2.75) is 13.3 Å². The summed E-state index contributed by atoms with van der Waals surface area (Å²) in [6.45, 7) is 3.96. The molecule has 0 radical (unpaired) electrons. The van der Waals surface area contributed by atoms with Crippen LogP contribution < -0.4 is 5.32 Å². The summed E-state index contributed by atoms with van der Waals surface area (Å²) in [5.41, 5.74) is 0. The molecule has 3 nitrogen and oxygen atoms in total. The van der Waals surface area contributed by atoms with Crippen LogP contribution >= 0.6 is 0 Å². The van der Waals surface area contributed by atoms with Gasteiger partial charge in [-0.25, -0.2) is 0 Å². The molecule has 0 aromatic carbocycles. The van der Waals surface area contributed by atoms with Gasteiger partial charge in [0.05, 0.1) is 6.61 Å². The maximum Gasteiger partial charge on any atom is 0.207 e. The zero-order valence-electron chi connectivity index (χ0n) is 8.03. The van der Waals surface area contributed by atoms with Gasteiger partial charge in [-0.3, -0.25) is 4.79 Å². The standard InChI is InChI=1S/C10H17NO2/c1-2-3-4-5-8-13-9-6-7-11-10-12/h2-5,10H,6-9H2,1H3,(H,11,12). The third kappa shape index (κ3) is 10.9. The Hall–Kier alpha value is -1.09. The molecule has 13 heavy (non-hydrogen) atoms. The molecule has 74 valence electrons. The first-order valence-corrected chi connectivity index (χ1v) is 4.44. The molecular formula is C10H17NO2. The van der Waals surface area contributed by atoms with Crippen LogP contribution in [0.4, 0.5) is 0 Å². The summed E-state index contributed by atoms with van der Waals surface area (Å²) < 4.78 is 5.25. The molecule has 0 heterocycles. The highest BCUT2D eigenvalue weighted by Gasteiger charge is 1.84. The Bertz CT molecular complexity index is 164. The number of rotatable bonds is 8. The highest BCUT2D eigenvalue weighted by molar-refractivity contribution is 5.45. The van der Waals surface area contributed by atoms with Gasteiger partial charge in [0, 0.05) is 13.2 Å². The van der Waals surface area contributed by atoms with E-state index in [1.165, 1.54) is 0 Å². The summed E-state index contributed by atoms with van der Waals surface area (Å²) in [6.07, 6.45) is 9.38. The second-order valence-electron chi connectivity index (χ2n) is 2.45. The molecule has 0 aromatic rings. The Morgan fingerprint density at radius 1 is 1.38 bits per heavy atom. The Morgan fingerprint density at radius 2 is 2.23 bits per heavy atom. The Balaban J connectivity index is 3.03. The van der Waals surface area contributed by atoms with Gasteiger partial charge in [0.1, 0.15) is 0 Å². The molecule has 0 rings (SSSR count). The minimum Gasteiger partial charge on any atom is -0.377 e. The largest absolute Gasteiger partial charge is 0.377 e. The van der Waals surface area contributed by atoms with Crippen LogP contribution in [0, 0.1) is 0 Å². The summed E-state index contributed by atoms with van der Waals surface area (Å²) in [7, 11) is 0. The highest BCUT2D eigenvalue weighted by Crippen LogP contribution is 1.83. The van der Waals surface area contributed by atoms with E-state index >= 15 is 0 Å². The number of carbonyl (C=O) groups is 1. The minimum atomic E-state index is 0.630. The Labute approximate surface area is 79.5 Å². The number of hydrogen-bond acceptors (Lipinski definition) is 2. The van der Waals surface area contributed by atoms with E-state index < -0.39 is 0 Å². The average molecular weight is 183 g/mol. The highest BCUT2D eigenvalue weighted by atomic mass is 16.5. The van der Waals surface area contributed by atoms with Crippen molar-refractivity contribution in [3.8, 4) is 0 Å². The monoisotopic (exact) mass is 183 g/mol. The van der Waals surface area contributed by atoms with Crippen molar-refractivity contribution in [1.29, 1.82) is 0 Å². The van der Waals surface area contributed by atoms with Crippen LogP contribution in [-0.2, 0) is 9.53 Å². The SMILES string of the molecule is CC=CC=CCOCCCNC=O. The van der Waals surface area contributed by atoms with E-state index in [4.69, 9.17) is 4.74 Å². The van der Waals surface area contributed by atoms with Crippen molar-refractivity contribution >= 4 is 6.41 Å². The van der Waals surface area contributed by atoms with Gasteiger partial charge >= 0.3 is 0 Å². The second kappa shape index (κ2) is 10.9. The van der Waals surface area contributed by atoms with Gasteiger partial charge in [-0.2, -0.15) is 0 Å². The number of carbonyl (C=O) groups excluding carboxylic acids is 1. The molecule has 0 atom stereocenters. The summed E-state index contributed by atoms with van der Waals surface area (Å²) in [5, 5.41) is 2.57. The van der Waals surface area contributed by atoms with Crippen LogP contribution in [0.3, 0.4) is 0 Å². The van der Waals surface area contributed by atoms with Crippen LogP contribution in [0.15, 0.2) is 24.3 Å². The van der Waals surface area contributed by atoms with E-state index in [1.807, 2.05) is 31.2 Å². The Morgan fingerprint density at radius 3 is 2.92 bits per heavy atom. The molecular weight excluding hydrogens is 166 g/mol. The molecule has 3 heteroatoms. The molecule has 0 aromatic heterocycles. The maximum atomic E-state index is 9.84. The summed E-state index contributed by atoms with van der Waals surface area (Å²) >= 11 is 0. The predicted molar refractivity (Wildman–Crippen MR) is 53.5 cm³/mol. The zero-order valence-corrected chi connectivity index (χ0v) is 8.03. The zero-order chi connectivity index (χ0) is 9.78. The van der Waals surface area contributed by atoms with E-state index in [0.717, 1.165) is 6.42 Å². The lowest BCUT2D eigenvalue weighted by Crippen LogP contribution is -2.14. The molecule has 0 saturated carbocycles. The van der Waals surface area contributed by atoms with Crippen LogP contribution in [0.25, 0.3) is 0 Å². The van der Waals surface area contributed by atoms with E-state index in [-0.39, 0.29) is 0 Å². The summed E-state index contributed by atoms with van der Waals surface area (Å²) in [4.78, 5) is 9.84. The van der Waals surface area contributed by atoms with Crippen LogP contribution in [-0.4, -0.2) is 26.2 Å². The normalized spacial score (nSPS) is 11.2. The van der Waals surface area contributed by atoms with Crippen molar-refractivity contribution in [2.24, 2.45) is 0 Å². The number of nitrogens with one attached hydrogen (secondary N) is 1. The second-order valence-corrected chi connectivity index (χ2v) is 2.45. The molecule has 0 unspecified atom stereocenters. The lowest BCUT2D eigenvalue weighted by molar-refractivity contribution is -0.109. The van der Waals surface area contributed by atoms with Gasteiger partial charge in [0.15, 0.2) is 0 Å². The average Bonchev–Trinajstić information content (AvgIpc) is 2.16. The lowest BCUT2D eigenvalue weighted by Gasteiger charge is -1.99. The quantitative estimate of drug-likeness (QED) is 0.349. The third-order valence-corrected chi connectivity index (χ3v) is 1.35. The number of amides is 1. The minimum absolute atomic E-state index is 0.630. The number of hydrogen-bond donors (Lipinski definition) is 1. The molecule has 1 N–H and O–H groups in total. The topological polar surface area (TPSA) is 38.3 Å². The Kier molecular flexibility index (Phi) is 10.00. The van der Waals surface area contributed by atoms with Crippen LogP contribution in [0.5, 0.6) is 0 Å². The maximum absolute atomic E-state index is 9.84. The predicted octanol–water partition coefficient (Wildman–Crippen LogP) is 1.27. The number of allylic oxidation sites excluding steroid dienone is 3.